The number of benzene rings is 2. The number of aromatic nitrogens is 3. The van der Waals surface area contributed by atoms with Gasteiger partial charge in [-0.2, -0.15) is 0 Å². The molecule has 2 aromatic carbocycles. The molecule has 4 aromatic rings. The highest BCUT2D eigenvalue weighted by atomic mass is 16.5. The third-order valence-corrected chi connectivity index (χ3v) is 4.44. The van der Waals surface area contributed by atoms with Gasteiger partial charge in [-0.05, 0) is 23.8 Å². The largest absolute Gasteiger partial charge is 0.497 e. The molecule has 0 saturated carbocycles. The number of hydrogen-bond donors (Lipinski definition) is 2. The Morgan fingerprint density at radius 1 is 1.19 bits per heavy atom. The van der Waals surface area contributed by atoms with Gasteiger partial charge in [0.15, 0.2) is 0 Å². The number of amides is 1. The Kier molecular flexibility index (Phi) is 4.33. The van der Waals surface area contributed by atoms with Gasteiger partial charge in [0.1, 0.15) is 23.3 Å². The summed E-state index contributed by atoms with van der Waals surface area (Å²) in [6.45, 7) is 0.285. The summed E-state index contributed by atoms with van der Waals surface area (Å²) in [5.41, 5.74) is 2.54. The number of aromatic amines is 1. The van der Waals surface area contributed by atoms with Gasteiger partial charge < -0.3 is 15.0 Å². The van der Waals surface area contributed by atoms with Crippen molar-refractivity contribution < 1.29 is 9.53 Å². The highest BCUT2D eigenvalue weighted by Crippen LogP contribution is 2.20. The maximum atomic E-state index is 12.7. The molecule has 2 aromatic heterocycles. The number of fused-ring (bicyclic) bond motifs is 3. The zero-order valence-electron chi connectivity index (χ0n) is 14.7. The number of nitrogens with one attached hydrogen (secondary N) is 2. The lowest BCUT2D eigenvalue weighted by atomic mass is 10.2. The van der Waals surface area contributed by atoms with Crippen molar-refractivity contribution in [2.24, 2.45) is 0 Å². The van der Waals surface area contributed by atoms with Gasteiger partial charge in [-0.1, -0.05) is 30.3 Å². The summed E-state index contributed by atoms with van der Waals surface area (Å²) >= 11 is 0. The molecule has 4 rings (SSSR count). The summed E-state index contributed by atoms with van der Waals surface area (Å²) in [7, 11) is 1.60. The molecule has 0 bridgehead atoms. The zero-order valence-corrected chi connectivity index (χ0v) is 14.7. The fourth-order valence-corrected chi connectivity index (χ4v) is 3.01. The van der Waals surface area contributed by atoms with Gasteiger partial charge in [-0.3, -0.25) is 14.2 Å². The van der Waals surface area contributed by atoms with Crippen LogP contribution in [0.5, 0.6) is 5.75 Å². The Balaban J connectivity index is 1.50. The van der Waals surface area contributed by atoms with Gasteiger partial charge in [0.25, 0.3) is 5.56 Å². The predicted molar refractivity (Wildman–Crippen MR) is 103 cm³/mol. The summed E-state index contributed by atoms with van der Waals surface area (Å²) in [5, 5.41) is 3.70. The van der Waals surface area contributed by atoms with Crippen LogP contribution in [0.1, 0.15) is 5.56 Å². The molecule has 0 aliphatic carbocycles. The number of nitrogens with zero attached hydrogens (tertiary/aromatic N) is 2. The monoisotopic (exact) mass is 362 g/mol. The second-order valence-electron chi connectivity index (χ2n) is 6.20. The minimum Gasteiger partial charge on any atom is -0.497 e. The Hall–Kier alpha value is -3.61. The van der Waals surface area contributed by atoms with Crippen molar-refractivity contribution in [3.05, 3.63) is 70.8 Å². The molecule has 0 aliphatic heterocycles. The highest BCUT2D eigenvalue weighted by Gasteiger charge is 2.12. The Labute approximate surface area is 154 Å². The van der Waals surface area contributed by atoms with E-state index in [-0.39, 0.29) is 18.0 Å². The van der Waals surface area contributed by atoms with E-state index in [2.05, 4.69) is 15.3 Å². The first kappa shape index (κ1) is 16.8. The second kappa shape index (κ2) is 6.95. The molecule has 27 heavy (non-hydrogen) atoms. The van der Waals surface area contributed by atoms with Crippen LogP contribution in [-0.4, -0.2) is 27.6 Å². The van der Waals surface area contributed by atoms with Gasteiger partial charge in [0.2, 0.25) is 5.91 Å². The normalized spacial score (nSPS) is 11.0. The minimum atomic E-state index is -0.268. The molecule has 0 atom stereocenters. The van der Waals surface area contributed by atoms with E-state index < -0.39 is 0 Å². The number of ether oxygens (including phenoxy) is 1. The molecule has 0 saturated heterocycles. The highest BCUT2D eigenvalue weighted by molar-refractivity contribution is 6.04. The first-order valence-electron chi connectivity index (χ1n) is 8.51. The molecule has 7 nitrogen and oxygen atoms in total. The van der Waals surface area contributed by atoms with E-state index in [1.807, 2.05) is 48.5 Å². The van der Waals surface area contributed by atoms with Crippen molar-refractivity contribution in [2.45, 2.75) is 13.1 Å². The molecule has 136 valence electrons. The smallest absolute Gasteiger partial charge is 0.278 e. The Morgan fingerprint density at radius 3 is 2.74 bits per heavy atom. The Bertz CT molecular complexity index is 1180. The summed E-state index contributed by atoms with van der Waals surface area (Å²) in [6, 6.07) is 15.0. The standard InChI is InChI=1S/C20H18N4O3/c1-27-14-8-6-13(7-9-14)10-21-17(25)11-24-12-22-18-15-4-2-3-5-16(15)23-19(18)20(24)26/h2-9,12,23H,10-11H2,1H3,(H,21,25). The number of carbonyl (C=O) groups is 1. The lowest BCUT2D eigenvalue weighted by Gasteiger charge is -2.08. The van der Waals surface area contributed by atoms with E-state index in [9.17, 15) is 9.59 Å². The lowest BCUT2D eigenvalue weighted by molar-refractivity contribution is -0.121. The van der Waals surface area contributed by atoms with E-state index >= 15 is 0 Å². The predicted octanol–water partition coefficient (Wildman–Crippen LogP) is 2.20. The van der Waals surface area contributed by atoms with Crippen LogP contribution in [0.2, 0.25) is 0 Å². The average Bonchev–Trinajstić information content (AvgIpc) is 3.08. The summed E-state index contributed by atoms with van der Waals surface area (Å²) < 4.78 is 6.42. The fraction of sp³-hybridized carbons (Fsp3) is 0.150. The number of H-pyrrole nitrogens is 1. The van der Waals surface area contributed by atoms with E-state index in [0.29, 0.717) is 17.6 Å². The molecule has 0 radical (unpaired) electrons. The number of rotatable bonds is 5. The van der Waals surface area contributed by atoms with Gasteiger partial charge in [0, 0.05) is 17.4 Å². The molecule has 1 amide bonds. The number of carbonyl (C=O) groups excluding carboxylic acids is 1. The van der Waals surface area contributed by atoms with E-state index in [4.69, 9.17) is 4.74 Å². The Morgan fingerprint density at radius 2 is 1.96 bits per heavy atom. The third kappa shape index (κ3) is 3.27. The molecule has 0 spiro atoms. The molecule has 2 heterocycles. The van der Waals surface area contributed by atoms with Crippen LogP contribution < -0.4 is 15.6 Å². The molecule has 0 aliphatic rings. The van der Waals surface area contributed by atoms with Crippen molar-refractivity contribution in [1.82, 2.24) is 19.9 Å². The lowest BCUT2D eigenvalue weighted by Crippen LogP contribution is -2.32. The van der Waals surface area contributed by atoms with Crippen molar-refractivity contribution >= 4 is 27.8 Å². The van der Waals surface area contributed by atoms with Crippen molar-refractivity contribution in [3.63, 3.8) is 0 Å². The van der Waals surface area contributed by atoms with Crippen LogP contribution in [-0.2, 0) is 17.9 Å². The van der Waals surface area contributed by atoms with E-state index in [1.165, 1.54) is 10.9 Å². The van der Waals surface area contributed by atoms with Gasteiger partial charge in [-0.25, -0.2) is 4.98 Å². The fourth-order valence-electron chi connectivity index (χ4n) is 3.01. The van der Waals surface area contributed by atoms with E-state index in [1.54, 1.807) is 7.11 Å². The van der Waals surface area contributed by atoms with Crippen LogP contribution in [0.3, 0.4) is 0 Å². The van der Waals surface area contributed by atoms with Crippen LogP contribution in [0.15, 0.2) is 59.7 Å². The maximum Gasteiger partial charge on any atom is 0.278 e. The van der Waals surface area contributed by atoms with Crippen LogP contribution in [0, 0.1) is 0 Å². The topological polar surface area (TPSA) is 89.0 Å². The molecular formula is C20H18N4O3. The van der Waals surface area contributed by atoms with Gasteiger partial charge >= 0.3 is 0 Å². The van der Waals surface area contributed by atoms with E-state index in [0.717, 1.165) is 22.2 Å². The van der Waals surface area contributed by atoms with Crippen molar-refractivity contribution in [2.75, 3.05) is 7.11 Å². The molecule has 7 heteroatoms. The third-order valence-electron chi connectivity index (χ3n) is 4.44. The second-order valence-corrected chi connectivity index (χ2v) is 6.20. The maximum absolute atomic E-state index is 12.7. The first-order valence-corrected chi connectivity index (χ1v) is 8.51. The number of para-hydroxylation sites is 1. The summed E-state index contributed by atoms with van der Waals surface area (Å²) in [5.74, 6) is 0.500. The van der Waals surface area contributed by atoms with Gasteiger partial charge in [0.05, 0.1) is 13.4 Å². The van der Waals surface area contributed by atoms with Crippen LogP contribution in [0.25, 0.3) is 21.9 Å². The van der Waals surface area contributed by atoms with Crippen LogP contribution in [0.4, 0.5) is 0 Å². The molecular weight excluding hydrogens is 344 g/mol. The molecule has 0 unspecified atom stereocenters. The average molecular weight is 362 g/mol. The van der Waals surface area contributed by atoms with Crippen molar-refractivity contribution in [3.8, 4) is 5.75 Å². The SMILES string of the molecule is COc1ccc(CNC(=O)Cn2cnc3c([nH]c4ccccc43)c2=O)cc1. The zero-order chi connectivity index (χ0) is 18.8. The van der Waals surface area contributed by atoms with Crippen molar-refractivity contribution in [1.29, 1.82) is 0 Å². The summed E-state index contributed by atoms with van der Waals surface area (Å²) in [4.78, 5) is 32.4. The molecule has 2 N–H and O–H groups in total. The number of methoxy groups -OCH3 is 1. The van der Waals surface area contributed by atoms with Crippen LogP contribution >= 0.6 is 0 Å². The van der Waals surface area contributed by atoms with Gasteiger partial charge in [-0.15, -0.1) is 0 Å². The summed E-state index contributed by atoms with van der Waals surface area (Å²) in [6.07, 6.45) is 1.41. The molecule has 0 fully saturated rings. The quantitative estimate of drug-likeness (QED) is 0.570. The first-order chi connectivity index (χ1) is 13.2. The minimum absolute atomic E-state index is 0.0900. The number of hydrogen-bond acceptors (Lipinski definition) is 4.